The van der Waals surface area contributed by atoms with Crippen molar-refractivity contribution < 1.29 is 23.1 Å². The van der Waals surface area contributed by atoms with Crippen molar-refractivity contribution in [2.45, 2.75) is 35.3 Å². The average molecular weight is 579 g/mol. The molecular formula is C31H31ClN2O5S. The first-order chi connectivity index (χ1) is 19.2. The molecule has 4 N–H and O–H groups in total. The third-order valence-electron chi connectivity index (χ3n) is 6.39. The molecule has 0 radical (unpaired) electrons. The molecule has 0 aliphatic heterocycles. The molecule has 0 unspecified atom stereocenters. The lowest BCUT2D eigenvalue weighted by molar-refractivity contribution is 0.0995. The van der Waals surface area contributed by atoms with Gasteiger partial charge in [0.1, 0.15) is 12.4 Å². The van der Waals surface area contributed by atoms with Crippen LogP contribution < -0.4 is 15.8 Å². The highest BCUT2D eigenvalue weighted by Gasteiger charge is 2.21. The fourth-order valence-corrected chi connectivity index (χ4v) is 5.67. The van der Waals surface area contributed by atoms with Gasteiger partial charge in [0.15, 0.2) is 0 Å². The first-order valence-corrected chi connectivity index (χ1v) is 14.7. The van der Waals surface area contributed by atoms with Crippen LogP contribution in [0.15, 0.2) is 107 Å². The van der Waals surface area contributed by atoms with Gasteiger partial charge >= 0.3 is 0 Å². The molecule has 0 saturated heterocycles. The van der Waals surface area contributed by atoms with Gasteiger partial charge in [0, 0.05) is 11.6 Å². The molecular weight excluding hydrogens is 548 g/mol. The number of carbonyl (C=O) groups is 1. The second-order valence-electron chi connectivity index (χ2n) is 9.32. The summed E-state index contributed by atoms with van der Waals surface area (Å²) in [6, 6.07) is 27.4. The third kappa shape index (κ3) is 7.70. The van der Waals surface area contributed by atoms with Gasteiger partial charge in [-0.1, -0.05) is 66.2 Å². The minimum Gasteiger partial charge on any atom is -0.488 e. The van der Waals surface area contributed by atoms with E-state index in [2.05, 4.69) is 5.32 Å². The number of hydrogen-bond acceptors (Lipinski definition) is 6. The standard InChI is InChI=1S/C31H31ClN2O5S/c32-25-10-4-9-24(18-25)29(35)20-34-17-5-8-22-11-13-26(14-12-22)40(37,38)27-15-16-30(28(19-27)31(33)36)39-21-23-6-2-1-3-7-23/h1-4,6-7,9-16,18-19,29,34-35H,5,8,17,20-21H2,(H2,33,36)/t29-/m1/s1. The Morgan fingerprint density at radius 1 is 0.900 bits per heavy atom. The zero-order chi connectivity index (χ0) is 28.5. The van der Waals surface area contributed by atoms with Gasteiger partial charge in [0.25, 0.3) is 5.91 Å². The van der Waals surface area contributed by atoms with Gasteiger partial charge in [-0.2, -0.15) is 0 Å². The summed E-state index contributed by atoms with van der Waals surface area (Å²) in [5.41, 5.74) is 8.18. The highest BCUT2D eigenvalue weighted by Crippen LogP contribution is 2.28. The lowest BCUT2D eigenvalue weighted by Gasteiger charge is -2.13. The average Bonchev–Trinajstić information content (AvgIpc) is 2.96. The number of benzene rings is 4. The summed E-state index contributed by atoms with van der Waals surface area (Å²) in [4.78, 5) is 12.2. The smallest absolute Gasteiger partial charge is 0.252 e. The third-order valence-corrected chi connectivity index (χ3v) is 8.39. The first kappa shape index (κ1) is 29.3. The van der Waals surface area contributed by atoms with Crippen molar-refractivity contribution in [1.82, 2.24) is 5.32 Å². The number of nitrogens with one attached hydrogen (secondary N) is 1. The molecule has 4 aromatic rings. The molecule has 0 aromatic heterocycles. The van der Waals surface area contributed by atoms with Crippen LogP contribution >= 0.6 is 11.6 Å². The van der Waals surface area contributed by atoms with Crippen LogP contribution in [0.25, 0.3) is 0 Å². The molecule has 4 aromatic carbocycles. The number of rotatable bonds is 13. The van der Waals surface area contributed by atoms with E-state index in [0.29, 0.717) is 18.1 Å². The van der Waals surface area contributed by atoms with E-state index in [-0.39, 0.29) is 27.7 Å². The molecule has 0 aliphatic rings. The Morgan fingerprint density at radius 3 is 2.33 bits per heavy atom. The van der Waals surface area contributed by atoms with Crippen molar-refractivity contribution in [2.24, 2.45) is 5.73 Å². The molecule has 0 spiro atoms. The SMILES string of the molecule is NC(=O)c1cc(S(=O)(=O)c2ccc(CCCNC[C@@H](O)c3cccc(Cl)c3)cc2)ccc1OCc1ccccc1. The number of aryl methyl sites for hydroxylation is 1. The number of nitrogens with two attached hydrogens (primary N) is 1. The van der Waals surface area contributed by atoms with Crippen LogP contribution in [0, 0.1) is 0 Å². The second kappa shape index (κ2) is 13.6. The van der Waals surface area contributed by atoms with Crippen LogP contribution in [0.1, 0.15) is 39.6 Å². The Morgan fingerprint density at radius 2 is 1.62 bits per heavy atom. The Labute approximate surface area is 239 Å². The summed E-state index contributed by atoms with van der Waals surface area (Å²) in [6.07, 6.45) is 0.892. The molecule has 0 fully saturated rings. The Bertz CT molecular complexity index is 1540. The van der Waals surface area contributed by atoms with E-state index >= 15 is 0 Å². The first-order valence-electron chi connectivity index (χ1n) is 12.8. The number of aliphatic hydroxyl groups excluding tert-OH is 1. The number of hydrogen-bond donors (Lipinski definition) is 3. The predicted octanol–water partition coefficient (Wildman–Crippen LogP) is 5.11. The molecule has 1 atom stereocenters. The summed E-state index contributed by atoms with van der Waals surface area (Å²) in [6.45, 7) is 1.31. The number of sulfone groups is 1. The largest absolute Gasteiger partial charge is 0.488 e. The van der Waals surface area contributed by atoms with Crippen LogP contribution in [0.3, 0.4) is 0 Å². The van der Waals surface area contributed by atoms with Gasteiger partial charge in [-0.3, -0.25) is 4.79 Å². The van der Waals surface area contributed by atoms with Gasteiger partial charge < -0.3 is 20.9 Å². The minimum absolute atomic E-state index is 0.00149. The Hall–Kier alpha value is -3.69. The number of ether oxygens (including phenoxy) is 1. The monoisotopic (exact) mass is 578 g/mol. The minimum atomic E-state index is -3.88. The van der Waals surface area contributed by atoms with E-state index in [1.165, 1.54) is 18.2 Å². The van der Waals surface area contributed by atoms with Gasteiger partial charge in [0.2, 0.25) is 9.84 Å². The van der Waals surface area contributed by atoms with Crippen molar-refractivity contribution in [3.05, 3.63) is 124 Å². The predicted molar refractivity (Wildman–Crippen MR) is 155 cm³/mol. The molecule has 1 amide bonds. The van der Waals surface area contributed by atoms with Gasteiger partial charge in [-0.25, -0.2) is 8.42 Å². The molecule has 9 heteroatoms. The van der Waals surface area contributed by atoms with E-state index in [1.807, 2.05) is 36.4 Å². The molecule has 0 saturated carbocycles. The summed E-state index contributed by atoms with van der Waals surface area (Å²) in [5.74, 6) is -0.552. The number of aliphatic hydroxyl groups is 1. The van der Waals surface area contributed by atoms with E-state index < -0.39 is 21.8 Å². The highest BCUT2D eigenvalue weighted by atomic mass is 35.5. The lowest BCUT2D eigenvalue weighted by Crippen LogP contribution is -2.22. The fourth-order valence-electron chi connectivity index (χ4n) is 4.19. The number of amides is 1. The Kier molecular flexibility index (Phi) is 9.95. The van der Waals surface area contributed by atoms with Crippen molar-refractivity contribution in [3.63, 3.8) is 0 Å². The Balaban J connectivity index is 1.33. The van der Waals surface area contributed by atoms with Crippen LogP contribution in [-0.2, 0) is 22.9 Å². The second-order valence-corrected chi connectivity index (χ2v) is 11.7. The molecule has 208 valence electrons. The van der Waals surface area contributed by atoms with Crippen LogP contribution in [-0.4, -0.2) is 32.5 Å². The molecule has 0 heterocycles. The number of carbonyl (C=O) groups excluding carboxylic acids is 1. The molecule has 4 rings (SSSR count). The normalized spacial score (nSPS) is 12.2. The van der Waals surface area contributed by atoms with Crippen LogP contribution in [0.4, 0.5) is 0 Å². The maximum absolute atomic E-state index is 13.3. The van der Waals surface area contributed by atoms with E-state index in [9.17, 15) is 18.3 Å². The maximum Gasteiger partial charge on any atom is 0.252 e. The summed E-state index contributed by atoms with van der Waals surface area (Å²) < 4.78 is 32.3. The van der Waals surface area contributed by atoms with E-state index in [4.69, 9.17) is 22.1 Å². The summed E-state index contributed by atoms with van der Waals surface area (Å²) in [7, 11) is -3.88. The van der Waals surface area contributed by atoms with Gasteiger partial charge in [-0.15, -0.1) is 0 Å². The molecule has 40 heavy (non-hydrogen) atoms. The van der Waals surface area contributed by atoms with Crippen molar-refractivity contribution >= 4 is 27.3 Å². The van der Waals surface area contributed by atoms with Gasteiger partial charge in [0.05, 0.1) is 21.5 Å². The quantitative estimate of drug-likeness (QED) is 0.190. The topological polar surface area (TPSA) is 119 Å². The molecule has 0 aliphatic carbocycles. The number of halogens is 1. The van der Waals surface area contributed by atoms with Crippen molar-refractivity contribution in [1.29, 1.82) is 0 Å². The van der Waals surface area contributed by atoms with Crippen molar-refractivity contribution in [3.8, 4) is 5.75 Å². The highest BCUT2D eigenvalue weighted by molar-refractivity contribution is 7.91. The number of primary amides is 1. The molecule has 7 nitrogen and oxygen atoms in total. The lowest BCUT2D eigenvalue weighted by atomic mass is 10.1. The van der Waals surface area contributed by atoms with Crippen LogP contribution in [0.2, 0.25) is 5.02 Å². The maximum atomic E-state index is 13.3. The van der Waals surface area contributed by atoms with Crippen LogP contribution in [0.5, 0.6) is 5.75 Å². The molecule has 0 bridgehead atoms. The summed E-state index contributed by atoms with van der Waals surface area (Å²) in [5, 5.41) is 14.1. The zero-order valence-corrected chi connectivity index (χ0v) is 23.4. The van der Waals surface area contributed by atoms with E-state index in [0.717, 1.165) is 29.5 Å². The summed E-state index contributed by atoms with van der Waals surface area (Å²) >= 11 is 5.98. The van der Waals surface area contributed by atoms with Crippen molar-refractivity contribution in [2.75, 3.05) is 13.1 Å². The zero-order valence-electron chi connectivity index (χ0n) is 21.8. The fraction of sp³-hybridized carbons (Fsp3) is 0.194. The van der Waals surface area contributed by atoms with E-state index in [1.54, 1.807) is 42.5 Å². The van der Waals surface area contributed by atoms with Gasteiger partial charge in [-0.05, 0) is 78.5 Å².